The molecule has 0 heterocycles. The van der Waals surface area contributed by atoms with E-state index < -0.39 is 0 Å². The molecular weight excluding hydrogens is 263 g/mol. The minimum absolute atomic E-state index is 0.318. The van der Waals surface area contributed by atoms with Gasteiger partial charge < -0.3 is 9.47 Å². The zero-order valence-corrected chi connectivity index (χ0v) is 10.8. The molecule has 2 nitrogen and oxygen atoms in total. The maximum Gasteiger partial charge on any atom is 0.128 e. The van der Waals surface area contributed by atoms with Crippen LogP contribution in [0.5, 0.6) is 5.75 Å². The highest BCUT2D eigenvalue weighted by Gasteiger charge is 1.99. The maximum atomic E-state index is 12.8. The largest absolute Gasteiger partial charge is 0.491 e. The van der Waals surface area contributed by atoms with E-state index in [9.17, 15) is 4.39 Å². The lowest BCUT2D eigenvalue weighted by atomic mass is 10.3. The van der Waals surface area contributed by atoms with Crippen molar-refractivity contribution in [1.82, 2.24) is 0 Å². The van der Waals surface area contributed by atoms with E-state index in [-0.39, 0.29) is 5.82 Å². The molecule has 1 aromatic carbocycles. The van der Waals surface area contributed by atoms with Crippen molar-refractivity contribution >= 4 is 15.9 Å². The van der Waals surface area contributed by atoms with E-state index in [1.54, 1.807) is 13.2 Å². The van der Waals surface area contributed by atoms with Gasteiger partial charge >= 0.3 is 0 Å². The Morgan fingerprint density at radius 1 is 1.20 bits per heavy atom. The second-order valence-corrected chi connectivity index (χ2v) is 3.36. The standard InChI is InChI=1S/C9H10BrFO2.C2H6/c1-12-2-3-13-9-5-7(10)4-8(11)6-9;1-2/h4-6H,2-3H2,1H3;1-2H3. The van der Waals surface area contributed by atoms with Crippen LogP contribution in [-0.2, 0) is 4.74 Å². The average molecular weight is 279 g/mol. The van der Waals surface area contributed by atoms with Gasteiger partial charge in [-0.05, 0) is 12.1 Å². The molecule has 0 atom stereocenters. The fourth-order valence-corrected chi connectivity index (χ4v) is 1.30. The minimum Gasteiger partial charge on any atom is -0.491 e. The van der Waals surface area contributed by atoms with Gasteiger partial charge in [-0.2, -0.15) is 0 Å². The summed E-state index contributed by atoms with van der Waals surface area (Å²) >= 11 is 3.17. The molecule has 0 bridgehead atoms. The molecule has 4 heteroatoms. The molecule has 0 unspecified atom stereocenters. The maximum absolute atomic E-state index is 12.8. The second-order valence-electron chi connectivity index (χ2n) is 2.45. The van der Waals surface area contributed by atoms with Crippen molar-refractivity contribution in [2.75, 3.05) is 20.3 Å². The summed E-state index contributed by atoms with van der Waals surface area (Å²) in [4.78, 5) is 0. The first kappa shape index (κ1) is 14.4. The monoisotopic (exact) mass is 278 g/mol. The van der Waals surface area contributed by atoms with Crippen LogP contribution in [0, 0.1) is 5.82 Å². The predicted octanol–water partition coefficient (Wildman–Crippen LogP) is 3.64. The topological polar surface area (TPSA) is 18.5 Å². The lowest BCUT2D eigenvalue weighted by Gasteiger charge is -2.05. The Hall–Kier alpha value is -0.610. The van der Waals surface area contributed by atoms with Crippen LogP contribution < -0.4 is 4.74 Å². The first-order valence-corrected chi connectivity index (χ1v) is 5.59. The van der Waals surface area contributed by atoms with Crippen LogP contribution in [0.4, 0.5) is 4.39 Å². The normalized spacial score (nSPS) is 9.13. The van der Waals surface area contributed by atoms with Gasteiger partial charge in [0, 0.05) is 17.6 Å². The van der Waals surface area contributed by atoms with Crippen LogP contribution in [0.1, 0.15) is 13.8 Å². The smallest absolute Gasteiger partial charge is 0.128 e. The Balaban J connectivity index is 0.000000921. The molecule has 0 saturated heterocycles. The van der Waals surface area contributed by atoms with E-state index in [4.69, 9.17) is 9.47 Å². The Morgan fingerprint density at radius 3 is 2.40 bits per heavy atom. The summed E-state index contributed by atoms with van der Waals surface area (Å²) in [5.74, 6) is 0.186. The molecule has 0 aliphatic rings. The van der Waals surface area contributed by atoms with Crippen LogP contribution >= 0.6 is 15.9 Å². The summed E-state index contributed by atoms with van der Waals surface area (Å²) in [5, 5.41) is 0. The molecule has 0 aliphatic carbocycles. The van der Waals surface area contributed by atoms with E-state index in [1.807, 2.05) is 13.8 Å². The summed E-state index contributed by atoms with van der Waals surface area (Å²) in [6.07, 6.45) is 0. The van der Waals surface area contributed by atoms with Crippen LogP contribution in [-0.4, -0.2) is 20.3 Å². The van der Waals surface area contributed by atoms with Crippen LogP contribution in [0.15, 0.2) is 22.7 Å². The van der Waals surface area contributed by atoms with Gasteiger partial charge in [-0.3, -0.25) is 0 Å². The highest BCUT2D eigenvalue weighted by Crippen LogP contribution is 2.20. The van der Waals surface area contributed by atoms with Gasteiger partial charge in [0.25, 0.3) is 0 Å². The molecule has 0 spiro atoms. The number of methoxy groups -OCH3 is 1. The van der Waals surface area contributed by atoms with E-state index >= 15 is 0 Å². The summed E-state index contributed by atoms with van der Waals surface area (Å²) in [5.41, 5.74) is 0. The fraction of sp³-hybridized carbons (Fsp3) is 0.455. The third kappa shape index (κ3) is 6.47. The zero-order valence-electron chi connectivity index (χ0n) is 9.22. The van der Waals surface area contributed by atoms with Crippen LogP contribution in [0.2, 0.25) is 0 Å². The molecule has 15 heavy (non-hydrogen) atoms. The SMILES string of the molecule is CC.COCCOc1cc(F)cc(Br)c1. The number of rotatable bonds is 4. The molecule has 1 aromatic rings. The summed E-state index contributed by atoms with van der Waals surface area (Å²) < 4.78 is 23.5. The highest BCUT2D eigenvalue weighted by molar-refractivity contribution is 9.10. The van der Waals surface area contributed by atoms with E-state index in [0.29, 0.717) is 23.4 Å². The van der Waals surface area contributed by atoms with Crippen molar-refractivity contribution in [3.8, 4) is 5.75 Å². The average Bonchev–Trinajstić information content (AvgIpc) is 2.20. The summed E-state index contributed by atoms with van der Waals surface area (Å²) in [7, 11) is 1.59. The third-order valence-electron chi connectivity index (χ3n) is 1.39. The van der Waals surface area contributed by atoms with Crippen LogP contribution in [0.3, 0.4) is 0 Å². The van der Waals surface area contributed by atoms with Gasteiger partial charge in [-0.1, -0.05) is 29.8 Å². The molecule has 1 rings (SSSR count). The lowest BCUT2D eigenvalue weighted by Crippen LogP contribution is -2.04. The molecule has 0 saturated carbocycles. The lowest BCUT2D eigenvalue weighted by molar-refractivity contribution is 0.146. The summed E-state index contributed by atoms with van der Waals surface area (Å²) in [6, 6.07) is 4.42. The van der Waals surface area contributed by atoms with E-state index in [2.05, 4.69) is 15.9 Å². The van der Waals surface area contributed by atoms with Crippen LogP contribution in [0.25, 0.3) is 0 Å². The quantitative estimate of drug-likeness (QED) is 0.783. The first-order chi connectivity index (χ1) is 7.22. The molecule has 0 N–H and O–H groups in total. The molecule has 0 amide bonds. The first-order valence-electron chi connectivity index (χ1n) is 4.80. The third-order valence-corrected chi connectivity index (χ3v) is 1.85. The number of ether oxygens (including phenoxy) is 2. The molecule has 0 fully saturated rings. The predicted molar refractivity (Wildman–Crippen MR) is 62.8 cm³/mol. The Morgan fingerprint density at radius 2 is 1.87 bits per heavy atom. The molecule has 0 aliphatic heterocycles. The number of hydrogen-bond donors (Lipinski definition) is 0. The van der Waals surface area contributed by atoms with E-state index in [1.165, 1.54) is 12.1 Å². The van der Waals surface area contributed by atoms with Crippen molar-refractivity contribution < 1.29 is 13.9 Å². The van der Waals surface area contributed by atoms with Crippen molar-refractivity contribution in [3.05, 3.63) is 28.5 Å². The van der Waals surface area contributed by atoms with Crippen molar-refractivity contribution in [3.63, 3.8) is 0 Å². The van der Waals surface area contributed by atoms with Crippen molar-refractivity contribution in [1.29, 1.82) is 0 Å². The molecule has 0 radical (unpaired) electrons. The Labute approximate surface area is 98.5 Å². The second kappa shape index (κ2) is 8.68. The Bertz CT molecular complexity index is 259. The fourth-order valence-electron chi connectivity index (χ4n) is 0.855. The number of benzene rings is 1. The van der Waals surface area contributed by atoms with Gasteiger partial charge in [-0.25, -0.2) is 4.39 Å². The van der Waals surface area contributed by atoms with Crippen molar-refractivity contribution in [2.45, 2.75) is 13.8 Å². The molecular formula is C11H16BrFO2. The van der Waals surface area contributed by atoms with Gasteiger partial charge in [0.2, 0.25) is 0 Å². The van der Waals surface area contributed by atoms with E-state index in [0.717, 1.165) is 0 Å². The zero-order chi connectivity index (χ0) is 11.7. The van der Waals surface area contributed by atoms with Gasteiger partial charge in [0.15, 0.2) is 0 Å². The Kier molecular flexibility index (Phi) is 8.33. The minimum atomic E-state index is -0.318. The van der Waals surface area contributed by atoms with Gasteiger partial charge in [0.05, 0.1) is 6.61 Å². The summed E-state index contributed by atoms with van der Waals surface area (Å²) in [6.45, 7) is 4.92. The number of halogens is 2. The highest BCUT2D eigenvalue weighted by atomic mass is 79.9. The molecule has 0 aromatic heterocycles. The van der Waals surface area contributed by atoms with Crippen molar-refractivity contribution in [2.24, 2.45) is 0 Å². The van der Waals surface area contributed by atoms with Gasteiger partial charge in [-0.15, -0.1) is 0 Å². The van der Waals surface area contributed by atoms with Gasteiger partial charge in [0.1, 0.15) is 18.2 Å². The molecule has 86 valence electrons. The number of hydrogen-bond acceptors (Lipinski definition) is 2.